The fourth-order valence-corrected chi connectivity index (χ4v) is 2.82. The number of ether oxygens (including phenoxy) is 1. The summed E-state index contributed by atoms with van der Waals surface area (Å²) in [6.45, 7) is 7.89. The van der Waals surface area contributed by atoms with E-state index >= 15 is 0 Å². The molecule has 2 amide bonds. The molecule has 1 aliphatic heterocycles. The second-order valence-electron chi connectivity index (χ2n) is 6.09. The predicted octanol–water partition coefficient (Wildman–Crippen LogP) is 3.69. The van der Waals surface area contributed by atoms with Crippen molar-refractivity contribution in [3.63, 3.8) is 0 Å². The van der Waals surface area contributed by atoms with E-state index in [1.165, 1.54) is 11.1 Å². The van der Waals surface area contributed by atoms with Gasteiger partial charge in [-0.05, 0) is 49.6 Å². The summed E-state index contributed by atoms with van der Waals surface area (Å²) in [6.07, 6.45) is 0.747. The standard InChI is InChI=1S/C19H23N3O2/c1-4-24-18-8-6-15-12-22(10-9-17(15)21-18)19(23)20-16-7-5-13(2)14(3)11-16/h5-8,11H,4,9-10,12H2,1-3H3,(H,20,23). The fraction of sp³-hybridized carbons (Fsp3) is 0.368. The van der Waals surface area contributed by atoms with Gasteiger partial charge in [-0.3, -0.25) is 0 Å². The number of carbonyl (C=O) groups excluding carboxylic acids is 1. The van der Waals surface area contributed by atoms with Gasteiger partial charge in [0.15, 0.2) is 0 Å². The van der Waals surface area contributed by atoms with E-state index < -0.39 is 0 Å². The van der Waals surface area contributed by atoms with E-state index in [9.17, 15) is 4.79 Å². The van der Waals surface area contributed by atoms with Crippen LogP contribution in [0.3, 0.4) is 0 Å². The normalized spacial score (nSPS) is 13.4. The summed E-state index contributed by atoms with van der Waals surface area (Å²) < 4.78 is 5.44. The van der Waals surface area contributed by atoms with Crippen LogP contribution in [0.5, 0.6) is 5.88 Å². The number of hydrogen-bond donors (Lipinski definition) is 1. The zero-order valence-corrected chi connectivity index (χ0v) is 14.4. The highest BCUT2D eigenvalue weighted by Gasteiger charge is 2.22. The van der Waals surface area contributed by atoms with Crippen molar-refractivity contribution in [2.75, 3.05) is 18.5 Å². The maximum atomic E-state index is 12.5. The minimum atomic E-state index is -0.0715. The molecule has 0 fully saturated rings. The molecule has 0 atom stereocenters. The number of carbonyl (C=O) groups is 1. The molecular weight excluding hydrogens is 302 g/mol. The van der Waals surface area contributed by atoms with Gasteiger partial charge in [0.25, 0.3) is 0 Å². The summed E-state index contributed by atoms with van der Waals surface area (Å²) >= 11 is 0. The Bertz CT molecular complexity index is 758. The van der Waals surface area contributed by atoms with Crippen molar-refractivity contribution in [3.8, 4) is 5.88 Å². The molecule has 0 radical (unpaired) electrons. The SMILES string of the molecule is CCOc1ccc2c(n1)CCN(C(=O)Nc1ccc(C)c(C)c1)C2. The number of rotatable bonds is 3. The minimum absolute atomic E-state index is 0.0715. The smallest absolute Gasteiger partial charge is 0.322 e. The van der Waals surface area contributed by atoms with Crippen molar-refractivity contribution in [3.05, 3.63) is 52.7 Å². The fourth-order valence-electron chi connectivity index (χ4n) is 2.82. The van der Waals surface area contributed by atoms with E-state index in [1.54, 1.807) is 0 Å². The van der Waals surface area contributed by atoms with Crippen LogP contribution in [-0.2, 0) is 13.0 Å². The summed E-state index contributed by atoms with van der Waals surface area (Å²) in [6, 6.07) is 9.76. The lowest BCUT2D eigenvalue weighted by molar-refractivity contribution is 0.205. The highest BCUT2D eigenvalue weighted by atomic mass is 16.5. The van der Waals surface area contributed by atoms with Gasteiger partial charge in [-0.1, -0.05) is 12.1 Å². The molecule has 1 N–H and O–H groups in total. The Balaban J connectivity index is 1.68. The van der Waals surface area contributed by atoms with Gasteiger partial charge < -0.3 is 15.0 Å². The molecule has 0 spiro atoms. The number of hydrogen-bond acceptors (Lipinski definition) is 3. The summed E-state index contributed by atoms with van der Waals surface area (Å²) in [5.74, 6) is 0.657. The lowest BCUT2D eigenvalue weighted by Gasteiger charge is -2.28. The first kappa shape index (κ1) is 16.3. The highest BCUT2D eigenvalue weighted by molar-refractivity contribution is 5.89. The van der Waals surface area contributed by atoms with Crippen molar-refractivity contribution in [2.45, 2.75) is 33.7 Å². The maximum Gasteiger partial charge on any atom is 0.322 e. The van der Waals surface area contributed by atoms with Crippen LogP contribution < -0.4 is 10.1 Å². The molecule has 0 saturated heterocycles. The van der Waals surface area contributed by atoms with Gasteiger partial charge in [0.2, 0.25) is 5.88 Å². The van der Waals surface area contributed by atoms with E-state index in [0.29, 0.717) is 25.6 Å². The number of anilines is 1. The zero-order valence-electron chi connectivity index (χ0n) is 14.4. The van der Waals surface area contributed by atoms with E-state index in [4.69, 9.17) is 4.74 Å². The Morgan fingerprint density at radius 1 is 1.25 bits per heavy atom. The molecule has 1 aromatic carbocycles. The molecule has 3 rings (SSSR count). The average Bonchev–Trinajstić information content (AvgIpc) is 2.58. The topological polar surface area (TPSA) is 54.5 Å². The molecular formula is C19H23N3O2. The van der Waals surface area contributed by atoms with Gasteiger partial charge in [-0.2, -0.15) is 0 Å². The number of urea groups is 1. The minimum Gasteiger partial charge on any atom is -0.478 e. The van der Waals surface area contributed by atoms with Crippen molar-refractivity contribution in [1.29, 1.82) is 0 Å². The number of nitrogens with zero attached hydrogens (tertiary/aromatic N) is 2. The Labute approximate surface area is 142 Å². The Kier molecular flexibility index (Phi) is 4.69. The first-order valence-corrected chi connectivity index (χ1v) is 8.31. The zero-order chi connectivity index (χ0) is 17.1. The van der Waals surface area contributed by atoms with E-state index in [2.05, 4.69) is 17.2 Å². The van der Waals surface area contributed by atoms with Crippen LogP contribution >= 0.6 is 0 Å². The highest BCUT2D eigenvalue weighted by Crippen LogP contribution is 2.22. The molecule has 2 aromatic rings. The lowest BCUT2D eigenvalue weighted by atomic mass is 10.1. The van der Waals surface area contributed by atoms with Crippen LogP contribution in [0.15, 0.2) is 30.3 Å². The van der Waals surface area contributed by atoms with Gasteiger partial charge >= 0.3 is 6.03 Å². The quantitative estimate of drug-likeness (QED) is 0.936. The van der Waals surface area contributed by atoms with Gasteiger partial charge in [0.05, 0.1) is 12.3 Å². The molecule has 1 aliphatic rings. The molecule has 24 heavy (non-hydrogen) atoms. The molecule has 0 bridgehead atoms. The second-order valence-corrected chi connectivity index (χ2v) is 6.09. The molecule has 5 nitrogen and oxygen atoms in total. The van der Waals surface area contributed by atoms with Crippen LogP contribution in [0.1, 0.15) is 29.3 Å². The number of benzene rings is 1. The monoisotopic (exact) mass is 325 g/mol. The Morgan fingerprint density at radius 3 is 2.83 bits per heavy atom. The van der Waals surface area contributed by atoms with Gasteiger partial charge in [-0.25, -0.2) is 9.78 Å². The largest absolute Gasteiger partial charge is 0.478 e. The lowest BCUT2D eigenvalue weighted by Crippen LogP contribution is -2.39. The van der Waals surface area contributed by atoms with E-state index in [0.717, 1.165) is 23.4 Å². The Hall–Kier alpha value is -2.56. The number of amides is 2. The molecule has 0 unspecified atom stereocenters. The average molecular weight is 325 g/mol. The molecule has 2 heterocycles. The van der Waals surface area contributed by atoms with E-state index in [1.807, 2.05) is 49.1 Å². The third-order valence-corrected chi connectivity index (χ3v) is 4.36. The molecule has 5 heteroatoms. The number of aromatic nitrogens is 1. The van der Waals surface area contributed by atoms with E-state index in [-0.39, 0.29) is 6.03 Å². The van der Waals surface area contributed by atoms with Crippen LogP contribution in [0.4, 0.5) is 10.5 Å². The maximum absolute atomic E-state index is 12.5. The van der Waals surface area contributed by atoms with Crippen molar-refractivity contribution in [2.24, 2.45) is 0 Å². The summed E-state index contributed by atoms with van der Waals surface area (Å²) in [5.41, 5.74) is 5.33. The number of pyridine rings is 1. The number of nitrogens with one attached hydrogen (secondary N) is 1. The molecule has 0 saturated carbocycles. The second kappa shape index (κ2) is 6.91. The van der Waals surface area contributed by atoms with Crippen LogP contribution in [0, 0.1) is 13.8 Å². The number of fused-ring (bicyclic) bond motifs is 1. The van der Waals surface area contributed by atoms with Crippen molar-refractivity contribution >= 4 is 11.7 Å². The van der Waals surface area contributed by atoms with Crippen LogP contribution in [0.25, 0.3) is 0 Å². The summed E-state index contributed by atoms with van der Waals surface area (Å²) in [7, 11) is 0. The van der Waals surface area contributed by atoms with Gasteiger partial charge in [-0.15, -0.1) is 0 Å². The van der Waals surface area contributed by atoms with Crippen molar-refractivity contribution in [1.82, 2.24) is 9.88 Å². The van der Waals surface area contributed by atoms with Crippen molar-refractivity contribution < 1.29 is 9.53 Å². The van der Waals surface area contributed by atoms with Gasteiger partial charge in [0, 0.05) is 31.3 Å². The first-order chi connectivity index (χ1) is 11.6. The molecule has 126 valence electrons. The summed E-state index contributed by atoms with van der Waals surface area (Å²) in [4.78, 5) is 18.9. The third-order valence-electron chi connectivity index (χ3n) is 4.36. The first-order valence-electron chi connectivity index (χ1n) is 8.31. The number of aryl methyl sites for hydroxylation is 2. The summed E-state index contributed by atoms with van der Waals surface area (Å²) in [5, 5.41) is 2.98. The molecule has 1 aromatic heterocycles. The predicted molar refractivity (Wildman–Crippen MR) is 94.5 cm³/mol. The molecule has 0 aliphatic carbocycles. The third kappa shape index (κ3) is 3.50. The van der Waals surface area contributed by atoms with Crippen LogP contribution in [0.2, 0.25) is 0 Å². The van der Waals surface area contributed by atoms with Gasteiger partial charge in [0.1, 0.15) is 0 Å². The van der Waals surface area contributed by atoms with Crippen LogP contribution in [-0.4, -0.2) is 29.1 Å². The Morgan fingerprint density at radius 2 is 2.08 bits per heavy atom.